The highest BCUT2D eigenvalue weighted by Gasteiger charge is 2.13. The molecule has 0 bridgehead atoms. The average molecular weight is 445 g/mol. The zero-order valence-electron chi connectivity index (χ0n) is 16.7. The summed E-state index contributed by atoms with van der Waals surface area (Å²) in [7, 11) is 0. The summed E-state index contributed by atoms with van der Waals surface area (Å²) in [5.74, 6) is -0.868. The van der Waals surface area contributed by atoms with Gasteiger partial charge in [-0.15, -0.1) is 0 Å². The van der Waals surface area contributed by atoms with Crippen LogP contribution in [0.3, 0.4) is 0 Å². The Hall–Kier alpha value is -4.16. The molecule has 0 unspecified atom stereocenters. The molecule has 0 saturated carbocycles. The highest BCUT2D eigenvalue weighted by molar-refractivity contribution is 6.33. The summed E-state index contributed by atoms with van der Waals surface area (Å²) in [4.78, 5) is 24.6. The van der Waals surface area contributed by atoms with Crippen molar-refractivity contribution < 1.29 is 19.4 Å². The first-order chi connectivity index (χ1) is 15.5. The molecular weight excluding hydrogens is 428 g/mol. The van der Waals surface area contributed by atoms with Crippen molar-refractivity contribution in [2.24, 2.45) is 5.10 Å². The topological polar surface area (TPSA) is 88.0 Å². The summed E-state index contributed by atoms with van der Waals surface area (Å²) < 4.78 is 5.32. The first-order valence-electron chi connectivity index (χ1n) is 9.63. The van der Waals surface area contributed by atoms with Gasteiger partial charge in [0.1, 0.15) is 11.5 Å². The van der Waals surface area contributed by atoms with Crippen molar-refractivity contribution in [3.8, 4) is 11.5 Å². The molecule has 0 saturated heterocycles. The van der Waals surface area contributed by atoms with Crippen LogP contribution in [0.15, 0.2) is 90.0 Å². The number of esters is 1. The smallest absolute Gasteiger partial charge is 0.345 e. The Kier molecular flexibility index (Phi) is 6.14. The van der Waals surface area contributed by atoms with E-state index >= 15 is 0 Å². The fourth-order valence-corrected chi connectivity index (χ4v) is 3.26. The van der Waals surface area contributed by atoms with Gasteiger partial charge in [-0.2, -0.15) is 5.10 Å². The van der Waals surface area contributed by atoms with Gasteiger partial charge in [-0.05, 0) is 64.9 Å². The van der Waals surface area contributed by atoms with Crippen molar-refractivity contribution in [2.75, 3.05) is 0 Å². The largest absolute Gasteiger partial charge is 0.507 e. The molecule has 0 heterocycles. The minimum absolute atomic E-state index is 0.124. The van der Waals surface area contributed by atoms with Gasteiger partial charge in [-0.3, -0.25) is 4.79 Å². The van der Waals surface area contributed by atoms with Gasteiger partial charge in [0.25, 0.3) is 5.91 Å². The quantitative estimate of drug-likeness (QED) is 0.192. The van der Waals surface area contributed by atoms with Crippen LogP contribution in [0.2, 0.25) is 5.02 Å². The number of carbonyl (C=O) groups excluding carboxylic acids is 2. The molecule has 0 radical (unpaired) electrons. The summed E-state index contributed by atoms with van der Waals surface area (Å²) in [5.41, 5.74) is 3.47. The van der Waals surface area contributed by atoms with E-state index in [0.29, 0.717) is 16.3 Å². The number of halogens is 1. The lowest BCUT2D eigenvalue weighted by Crippen LogP contribution is -2.17. The maximum Gasteiger partial charge on any atom is 0.345 e. The van der Waals surface area contributed by atoms with Crippen LogP contribution < -0.4 is 10.2 Å². The average Bonchev–Trinajstić information content (AvgIpc) is 2.80. The number of benzene rings is 4. The lowest BCUT2D eigenvalue weighted by molar-refractivity contribution is 0.0734. The summed E-state index contributed by atoms with van der Waals surface area (Å²) in [6, 6.07) is 23.8. The van der Waals surface area contributed by atoms with Gasteiger partial charge in [-0.1, -0.05) is 48.0 Å². The minimum Gasteiger partial charge on any atom is -0.507 e. The number of carbonyl (C=O) groups is 2. The van der Waals surface area contributed by atoms with Crippen molar-refractivity contribution in [3.05, 3.63) is 107 Å². The Morgan fingerprint density at radius 1 is 0.875 bits per heavy atom. The molecule has 4 aromatic rings. The van der Waals surface area contributed by atoms with E-state index in [4.69, 9.17) is 16.3 Å². The summed E-state index contributed by atoms with van der Waals surface area (Å²) in [5, 5.41) is 16.0. The van der Waals surface area contributed by atoms with Gasteiger partial charge in [0.05, 0.1) is 22.4 Å². The molecule has 0 aliphatic heterocycles. The zero-order chi connectivity index (χ0) is 22.5. The van der Waals surface area contributed by atoms with E-state index in [1.807, 2.05) is 24.3 Å². The minimum atomic E-state index is -0.556. The molecule has 0 atom stereocenters. The molecule has 0 aliphatic carbocycles. The van der Waals surface area contributed by atoms with Crippen molar-refractivity contribution >= 4 is 40.5 Å². The Morgan fingerprint density at radius 2 is 1.53 bits per heavy atom. The van der Waals surface area contributed by atoms with Gasteiger partial charge >= 0.3 is 5.97 Å². The SMILES string of the molecule is O=C(N/N=C/c1ccc(OC(=O)c2ccccc2Cl)cc1)c1cc2ccccc2cc1O. The second kappa shape index (κ2) is 9.32. The van der Waals surface area contributed by atoms with Crippen molar-refractivity contribution in [2.45, 2.75) is 0 Å². The fraction of sp³-hybridized carbons (Fsp3) is 0. The fourth-order valence-electron chi connectivity index (χ4n) is 3.05. The first-order valence-corrected chi connectivity index (χ1v) is 10.0. The normalized spacial score (nSPS) is 10.9. The summed E-state index contributed by atoms with van der Waals surface area (Å²) in [6.45, 7) is 0. The Labute approximate surface area is 188 Å². The summed E-state index contributed by atoms with van der Waals surface area (Å²) in [6.07, 6.45) is 1.44. The standard InChI is InChI=1S/C25H17ClN2O4/c26-22-8-4-3-7-20(22)25(31)32-19-11-9-16(10-12-19)15-27-28-24(30)21-13-17-5-1-2-6-18(17)14-23(21)29/h1-15,29H,(H,28,30)/b27-15+. The highest BCUT2D eigenvalue weighted by Crippen LogP contribution is 2.25. The third-order valence-corrected chi connectivity index (χ3v) is 5.00. The molecule has 2 N–H and O–H groups in total. The maximum atomic E-state index is 12.4. The number of hydrazone groups is 1. The van der Waals surface area contributed by atoms with Gasteiger partial charge in [0.2, 0.25) is 0 Å². The molecule has 4 rings (SSSR count). The van der Waals surface area contributed by atoms with E-state index in [1.165, 1.54) is 12.3 Å². The second-order valence-electron chi connectivity index (χ2n) is 6.85. The molecule has 158 valence electrons. The van der Waals surface area contributed by atoms with Gasteiger partial charge in [0.15, 0.2) is 0 Å². The van der Waals surface area contributed by atoms with Crippen molar-refractivity contribution in [1.82, 2.24) is 5.43 Å². The van der Waals surface area contributed by atoms with Crippen LogP contribution in [-0.4, -0.2) is 23.2 Å². The van der Waals surface area contributed by atoms with E-state index in [0.717, 1.165) is 10.8 Å². The third-order valence-electron chi connectivity index (χ3n) is 4.67. The number of fused-ring (bicyclic) bond motifs is 1. The number of nitrogens with one attached hydrogen (secondary N) is 1. The van der Waals surface area contributed by atoms with Crippen LogP contribution in [0.25, 0.3) is 10.8 Å². The maximum absolute atomic E-state index is 12.4. The lowest BCUT2D eigenvalue weighted by atomic mass is 10.1. The summed E-state index contributed by atoms with van der Waals surface area (Å²) >= 11 is 6.01. The van der Waals surface area contributed by atoms with Gasteiger partial charge < -0.3 is 9.84 Å². The van der Waals surface area contributed by atoms with Gasteiger partial charge in [0, 0.05) is 0 Å². The molecule has 1 amide bonds. The monoisotopic (exact) mass is 444 g/mol. The molecule has 6 nitrogen and oxygen atoms in total. The number of aromatic hydroxyl groups is 1. The van der Waals surface area contributed by atoms with E-state index in [1.54, 1.807) is 54.6 Å². The molecule has 32 heavy (non-hydrogen) atoms. The predicted octanol–water partition coefficient (Wildman–Crippen LogP) is 5.18. The highest BCUT2D eigenvalue weighted by atomic mass is 35.5. The van der Waals surface area contributed by atoms with E-state index in [9.17, 15) is 14.7 Å². The molecular formula is C25H17ClN2O4. The van der Waals surface area contributed by atoms with E-state index in [-0.39, 0.29) is 16.9 Å². The Bertz CT molecular complexity index is 1330. The third kappa shape index (κ3) is 4.77. The van der Waals surface area contributed by atoms with Crippen molar-refractivity contribution in [1.29, 1.82) is 0 Å². The van der Waals surface area contributed by atoms with Crippen LogP contribution in [0.1, 0.15) is 26.3 Å². The predicted molar refractivity (Wildman–Crippen MR) is 124 cm³/mol. The van der Waals surface area contributed by atoms with Crippen LogP contribution in [-0.2, 0) is 0 Å². The molecule has 0 aromatic heterocycles. The number of rotatable bonds is 5. The second-order valence-corrected chi connectivity index (χ2v) is 7.26. The van der Waals surface area contributed by atoms with Crippen LogP contribution in [0.5, 0.6) is 11.5 Å². The number of hydrogen-bond donors (Lipinski definition) is 2. The molecule has 0 aliphatic rings. The van der Waals surface area contributed by atoms with Crippen LogP contribution in [0, 0.1) is 0 Å². The van der Waals surface area contributed by atoms with E-state index in [2.05, 4.69) is 10.5 Å². The zero-order valence-corrected chi connectivity index (χ0v) is 17.4. The van der Waals surface area contributed by atoms with E-state index < -0.39 is 11.9 Å². The number of phenolic OH excluding ortho intramolecular Hbond substituents is 1. The van der Waals surface area contributed by atoms with Crippen LogP contribution in [0.4, 0.5) is 0 Å². The van der Waals surface area contributed by atoms with Gasteiger partial charge in [-0.25, -0.2) is 10.2 Å². The Morgan fingerprint density at radius 3 is 2.25 bits per heavy atom. The Balaban J connectivity index is 1.39. The lowest BCUT2D eigenvalue weighted by Gasteiger charge is -2.06. The number of ether oxygens (including phenoxy) is 1. The van der Waals surface area contributed by atoms with Crippen molar-refractivity contribution in [3.63, 3.8) is 0 Å². The molecule has 4 aromatic carbocycles. The first kappa shape index (κ1) is 21.1. The molecule has 7 heteroatoms. The number of phenols is 1. The molecule has 0 fully saturated rings. The number of hydrogen-bond acceptors (Lipinski definition) is 5. The number of amides is 1. The van der Waals surface area contributed by atoms with Crippen LogP contribution >= 0.6 is 11.6 Å². The molecule has 0 spiro atoms. The number of nitrogens with zero attached hydrogens (tertiary/aromatic N) is 1.